The average molecular weight is 141 g/mol. The van der Waals surface area contributed by atoms with Gasteiger partial charge in [0.15, 0.2) is 0 Å². The molecule has 1 rings (SSSR count). The Morgan fingerprint density at radius 3 is 2.50 bits per heavy atom. The van der Waals surface area contributed by atoms with E-state index in [1.807, 2.05) is 0 Å². The zero-order chi connectivity index (χ0) is 7.78. The maximum Gasteiger partial charge on any atom is 0.136 e. The molecule has 1 saturated heterocycles. The van der Waals surface area contributed by atoms with Gasteiger partial charge in [-0.15, -0.1) is 0 Å². The molecule has 0 bridgehead atoms. The van der Waals surface area contributed by atoms with E-state index < -0.39 is 0 Å². The normalized spacial score (nSPS) is 26.9. The van der Waals surface area contributed by atoms with Crippen molar-refractivity contribution in [2.24, 2.45) is 0 Å². The summed E-state index contributed by atoms with van der Waals surface area (Å²) in [6.45, 7) is 5.15. The summed E-state index contributed by atoms with van der Waals surface area (Å²) < 4.78 is 0. The van der Waals surface area contributed by atoms with Crippen LogP contribution in [0.1, 0.15) is 26.7 Å². The Labute approximate surface area is 62.2 Å². The maximum absolute atomic E-state index is 11.0. The quantitative estimate of drug-likeness (QED) is 0.502. The van der Waals surface area contributed by atoms with Crippen molar-refractivity contribution in [2.75, 3.05) is 13.6 Å². The van der Waals surface area contributed by atoms with E-state index >= 15 is 0 Å². The van der Waals surface area contributed by atoms with Crippen molar-refractivity contribution in [3.8, 4) is 0 Å². The number of hydrogen-bond donors (Lipinski definition) is 0. The molecule has 0 aliphatic carbocycles. The Hall–Kier alpha value is -0.370. The van der Waals surface area contributed by atoms with Gasteiger partial charge in [-0.1, -0.05) is 0 Å². The van der Waals surface area contributed by atoms with E-state index in [2.05, 4.69) is 25.8 Å². The van der Waals surface area contributed by atoms with Gasteiger partial charge in [0.25, 0.3) is 0 Å². The second-order valence-electron chi connectivity index (χ2n) is 3.70. The molecule has 2 nitrogen and oxygen atoms in total. The topological polar surface area (TPSA) is 20.3 Å². The SMILES string of the molecule is CN1CCC(=O)CC1(C)C. The summed E-state index contributed by atoms with van der Waals surface area (Å²) in [5.41, 5.74) is 0.0926. The van der Waals surface area contributed by atoms with Crippen LogP contribution in [-0.2, 0) is 4.79 Å². The van der Waals surface area contributed by atoms with Gasteiger partial charge in [0.1, 0.15) is 5.78 Å². The molecule has 0 aromatic heterocycles. The molecule has 0 saturated carbocycles. The Morgan fingerprint density at radius 2 is 2.10 bits per heavy atom. The molecule has 0 amide bonds. The van der Waals surface area contributed by atoms with Crippen LogP contribution in [0, 0.1) is 0 Å². The summed E-state index contributed by atoms with van der Waals surface area (Å²) in [5, 5.41) is 0. The molecule has 0 unspecified atom stereocenters. The van der Waals surface area contributed by atoms with Gasteiger partial charge < -0.3 is 4.90 Å². The van der Waals surface area contributed by atoms with E-state index in [1.54, 1.807) is 0 Å². The Morgan fingerprint density at radius 1 is 1.50 bits per heavy atom. The van der Waals surface area contributed by atoms with Gasteiger partial charge in [-0.05, 0) is 20.9 Å². The van der Waals surface area contributed by atoms with Crippen molar-refractivity contribution in [3.05, 3.63) is 0 Å². The average Bonchev–Trinajstić information content (AvgIpc) is 1.78. The van der Waals surface area contributed by atoms with Crippen LogP contribution < -0.4 is 0 Å². The summed E-state index contributed by atoms with van der Waals surface area (Å²) in [7, 11) is 2.08. The fraction of sp³-hybridized carbons (Fsp3) is 0.875. The minimum atomic E-state index is 0.0926. The number of carbonyl (C=O) groups excluding carboxylic acids is 1. The van der Waals surface area contributed by atoms with Crippen molar-refractivity contribution in [1.82, 2.24) is 4.90 Å². The standard InChI is InChI=1S/C8H15NO/c1-8(2)6-7(10)4-5-9(8)3/h4-6H2,1-3H3. The Bertz CT molecular complexity index is 151. The lowest BCUT2D eigenvalue weighted by Crippen LogP contribution is -2.47. The third kappa shape index (κ3) is 1.37. The van der Waals surface area contributed by atoms with E-state index in [0.29, 0.717) is 12.2 Å². The van der Waals surface area contributed by atoms with Gasteiger partial charge >= 0.3 is 0 Å². The molecular formula is C8H15NO. The third-order valence-electron chi connectivity index (χ3n) is 2.39. The number of hydrogen-bond acceptors (Lipinski definition) is 2. The van der Waals surface area contributed by atoms with Gasteiger partial charge in [0.2, 0.25) is 0 Å². The minimum Gasteiger partial charge on any atom is -0.300 e. The lowest BCUT2D eigenvalue weighted by Gasteiger charge is -2.38. The molecule has 1 fully saturated rings. The number of likely N-dealkylation sites (tertiary alicyclic amines) is 1. The van der Waals surface area contributed by atoms with Gasteiger partial charge in [-0.3, -0.25) is 4.79 Å². The molecule has 0 atom stereocenters. The lowest BCUT2D eigenvalue weighted by atomic mass is 9.90. The van der Waals surface area contributed by atoms with Crippen molar-refractivity contribution in [1.29, 1.82) is 0 Å². The van der Waals surface area contributed by atoms with Gasteiger partial charge in [-0.2, -0.15) is 0 Å². The second kappa shape index (κ2) is 2.35. The Kier molecular flexibility index (Phi) is 1.82. The van der Waals surface area contributed by atoms with Gasteiger partial charge in [0.05, 0.1) is 0 Å². The Balaban J connectivity index is 2.63. The second-order valence-corrected chi connectivity index (χ2v) is 3.70. The van der Waals surface area contributed by atoms with Crippen LogP contribution in [-0.4, -0.2) is 29.8 Å². The zero-order valence-electron chi connectivity index (χ0n) is 6.98. The molecule has 58 valence electrons. The highest BCUT2D eigenvalue weighted by Crippen LogP contribution is 2.22. The van der Waals surface area contributed by atoms with Crippen LogP contribution in [0.4, 0.5) is 0 Å². The van der Waals surface area contributed by atoms with Crippen molar-refractivity contribution in [2.45, 2.75) is 32.2 Å². The number of piperidine rings is 1. The molecular weight excluding hydrogens is 126 g/mol. The maximum atomic E-state index is 11.0. The van der Waals surface area contributed by atoms with Crippen molar-refractivity contribution >= 4 is 5.78 Å². The summed E-state index contributed by atoms with van der Waals surface area (Å²) in [6.07, 6.45) is 1.45. The molecule has 0 aromatic rings. The molecule has 10 heavy (non-hydrogen) atoms. The molecule has 2 heteroatoms. The lowest BCUT2D eigenvalue weighted by molar-refractivity contribution is -0.124. The van der Waals surface area contributed by atoms with Crippen LogP contribution in [0.5, 0.6) is 0 Å². The minimum absolute atomic E-state index is 0.0926. The first-order chi connectivity index (χ1) is 4.52. The highest BCUT2D eigenvalue weighted by Gasteiger charge is 2.30. The van der Waals surface area contributed by atoms with Crippen LogP contribution >= 0.6 is 0 Å². The van der Waals surface area contributed by atoms with Crippen LogP contribution in [0.25, 0.3) is 0 Å². The smallest absolute Gasteiger partial charge is 0.136 e. The van der Waals surface area contributed by atoms with E-state index in [1.165, 1.54) is 0 Å². The largest absolute Gasteiger partial charge is 0.300 e. The first-order valence-electron chi connectivity index (χ1n) is 3.75. The molecule has 0 spiro atoms. The third-order valence-corrected chi connectivity index (χ3v) is 2.39. The fourth-order valence-corrected chi connectivity index (χ4v) is 1.30. The summed E-state index contributed by atoms with van der Waals surface area (Å²) in [5.74, 6) is 0.406. The zero-order valence-corrected chi connectivity index (χ0v) is 6.98. The van der Waals surface area contributed by atoms with Gasteiger partial charge in [0, 0.05) is 24.9 Å². The van der Waals surface area contributed by atoms with Crippen LogP contribution in [0.3, 0.4) is 0 Å². The molecule has 1 aliphatic heterocycles. The number of ketones is 1. The van der Waals surface area contributed by atoms with Crippen LogP contribution in [0.15, 0.2) is 0 Å². The summed E-state index contributed by atoms with van der Waals surface area (Å²) in [4.78, 5) is 13.2. The number of rotatable bonds is 0. The van der Waals surface area contributed by atoms with E-state index in [-0.39, 0.29) is 5.54 Å². The van der Waals surface area contributed by atoms with Crippen LogP contribution in [0.2, 0.25) is 0 Å². The fourth-order valence-electron chi connectivity index (χ4n) is 1.30. The number of nitrogens with zero attached hydrogens (tertiary/aromatic N) is 1. The summed E-state index contributed by atoms with van der Waals surface area (Å²) >= 11 is 0. The molecule has 0 radical (unpaired) electrons. The summed E-state index contributed by atoms with van der Waals surface area (Å²) in [6, 6.07) is 0. The molecule has 1 aliphatic rings. The molecule has 0 aromatic carbocycles. The van der Waals surface area contributed by atoms with Gasteiger partial charge in [-0.25, -0.2) is 0 Å². The molecule has 1 heterocycles. The highest BCUT2D eigenvalue weighted by molar-refractivity contribution is 5.80. The van der Waals surface area contributed by atoms with E-state index in [4.69, 9.17) is 0 Å². The van der Waals surface area contributed by atoms with E-state index in [0.717, 1.165) is 13.0 Å². The number of Topliss-reactive ketones (excluding diaryl/α,β-unsaturated/α-hetero) is 1. The highest BCUT2D eigenvalue weighted by atomic mass is 16.1. The van der Waals surface area contributed by atoms with E-state index in [9.17, 15) is 4.79 Å². The monoisotopic (exact) mass is 141 g/mol. The first-order valence-corrected chi connectivity index (χ1v) is 3.75. The number of carbonyl (C=O) groups is 1. The first kappa shape index (κ1) is 7.73. The predicted molar refractivity (Wildman–Crippen MR) is 41.0 cm³/mol. The van der Waals surface area contributed by atoms with Crippen molar-refractivity contribution in [3.63, 3.8) is 0 Å². The molecule has 0 N–H and O–H groups in total. The predicted octanol–water partition coefficient (Wildman–Crippen LogP) is 1.06. The van der Waals surface area contributed by atoms with Crippen molar-refractivity contribution < 1.29 is 4.79 Å².